The third kappa shape index (κ3) is 3.36. The van der Waals surface area contributed by atoms with Crippen molar-refractivity contribution < 1.29 is 9.53 Å². The lowest BCUT2D eigenvalue weighted by Gasteiger charge is -2.12. The number of rotatable bonds is 4. The summed E-state index contributed by atoms with van der Waals surface area (Å²) in [7, 11) is 2.90. The number of pyridine rings is 1. The second kappa shape index (κ2) is 7.23. The molecule has 1 amide bonds. The van der Waals surface area contributed by atoms with Gasteiger partial charge < -0.3 is 10.1 Å². The van der Waals surface area contributed by atoms with E-state index in [1.807, 2.05) is 36.4 Å². The lowest BCUT2D eigenvalue weighted by molar-refractivity contribution is -0.118. The van der Waals surface area contributed by atoms with Crippen LogP contribution in [0, 0.1) is 0 Å². The number of hydrogen-bond acceptors (Lipinski definition) is 5. The Morgan fingerprint density at radius 1 is 1.03 bits per heavy atom. The second-order valence-electron chi connectivity index (χ2n) is 6.61. The Balaban J connectivity index is 1.57. The molecule has 1 N–H and O–H groups in total. The number of carbonyl (C=O) groups excluding carboxylic acids is 1. The molecule has 0 spiro atoms. The second-order valence-corrected chi connectivity index (χ2v) is 6.61. The average molecular weight is 390 g/mol. The maximum atomic E-state index is 12.5. The van der Waals surface area contributed by atoms with E-state index in [1.165, 1.54) is 30.9 Å². The first kappa shape index (κ1) is 18.4. The van der Waals surface area contributed by atoms with Crippen LogP contribution in [0.4, 0.5) is 5.69 Å². The van der Waals surface area contributed by atoms with Crippen LogP contribution in [-0.2, 0) is 18.9 Å². The maximum absolute atomic E-state index is 12.5. The van der Waals surface area contributed by atoms with Crippen molar-refractivity contribution in [2.45, 2.75) is 0 Å². The monoisotopic (exact) mass is 390 g/mol. The summed E-state index contributed by atoms with van der Waals surface area (Å²) in [6, 6.07) is 14.9. The van der Waals surface area contributed by atoms with Crippen LogP contribution in [-0.4, -0.2) is 26.6 Å². The van der Waals surface area contributed by atoms with Crippen molar-refractivity contribution in [1.82, 2.24) is 14.1 Å². The van der Waals surface area contributed by atoms with Crippen molar-refractivity contribution in [1.29, 1.82) is 0 Å². The molecule has 2 aromatic heterocycles. The highest BCUT2D eigenvalue weighted by atomic mass is 16.5. The Bertz CT molecular complexity index is 1370. The molecule has 0 unspecified atom stereocenters. The summed E-state index contributed by atoms with van der Waals surface area (Å²) in [5.41, 5.74) is -0.537. The quantitative estimate of drug-likeness (QED) is 0.573. The van der Waals surface area contributed by atoms with Crippen LogP contribution in [0.3, 0.4) is 0 Å². The minimum absolute atomic E-state index is 0.163. The SMILES string of the molecule is Cn1c(=O)c2c(NC(=O)COc3ccc4ccccc4c3)ccnc2n(C)c1=O. The predicted molar refractivity (Wildman–Crippen MR) is 110 cm³/mol. The minimum Gasteiger partial charge on any atom is -0.484 e. The molecule has 8 nitrogen and oxygen atoms in total. The third-order valence-corrected chi connectivity index (χ3v) is 4.71. The van der Waals surface area contributed by atoms with Crippen LogP contribution in [0.25, 0.3) is 21.8 Å². The Kier molecular flexibility index (Phi) is 4.59. The van der Waals surface area contributed by atoms with Crippen LogP contribution >= 0.6 is 0 Å². The van der Waals surface area contributed by atoms with E-state index in [0.29, 0.717) is 5.75 Å². The topological polar surface area (TPSA) is 95.2 Å². The third-order valence-electron chi connectivity index (χ3n) is 4.71. The largest absolute Gasteiger partial charge is 0.484 e. The number of anilines is 1. The minimum atomic E-state index is -0.526. The number of carbonyl (C=O) groups is 1. The number of aryl methyl sites for hydroxylation is 1. The maximum Gasteiger partial charge on any atom is 0.332 e. The molecule has 4 aromatic rings. The van der Waals surface area contributed by atoms with Gasteiger partial charge in [-0.05, 0) is 29.0 Å². The van der Waals surface area contributed by atoms with Crippen LogP contribution in [0.1, 0.15) is 0 Å². The van der Waals surface area contributed by atoms with E-state index in [4.69, 9.17) is 4.74 Å². The molecule has 4 rings (SSSR count). The van der Waals surface area contributed by atoms with Gasteiger partial charge in [-0.25, -0.2) is 9.78 Å². The number of aromatic nitrogens is 3. The van der Waals surface area contributed by atoms with E-state index < -0.39 is 17.2 Å². The van der Waals surface area contributed by atoms with Gasteiger partial charge in [0, 0.05) is 20.3 Å². The van der Waals surface area contributed by atoms with Gasteiger partial charge in [0.05, 0.1) is 5.69 Å². The number of nitrogens with one attached hydrogen (secondary N) is 1. The lowest BCUT2D eigenvalue weighted by Crippen LogP contribution is -2.37. The molecule has 2 aromatic carbocycles. The van der Waals surface area contributed by atoms with E-state index in [2.05, 4.69) is 10.3 Å². The van der Waals surface area contributed by atoms with Crippen LogP contribution in [0.2, 0.25) is 0 Å². The smallest absolute Gasteiger partial charge is 0.332 e. The molecule has 8 heteroatoms. The molecule has 0 radical (unpaired) electrons. The van der Waals surface area contributed by atoms with Crippen LogP contribution < -0.4 is 21.3 Å². The molecule has 29 heavy (non-hydrogen) atoms. The van der Waals surface area contributed by atoms with Gasteiger partial charge >= 0.3 is 5.69 Å². The Morgan fingerprint density at radius 3 is 2.59 bits per heavy atom. The van der Waals surface area contributed by atoms with Crippen molar-refractivity contribution in [2.75, 3.05) is 11.9 Å². The van der Waals surface area contributed by atoms with Gasteiger partial charge in [0.15, 0.2) is 12.3 Å². The molecular formula is C21H18N4O4. The van der Waals surface area contributed by atoms with Gasteiger partial charge in [0.2, 0.25) is 0 Å². The van der Waals surface area contributed by atoms with Gasteiger partial charge in [0.25, 0.3) is 11.5 Å². The fraction of sp³-hybridized carbons (Fsp3) is 0.143. The normalized spacial score (nSPS) is 11.0. The predicted octanol–water partition coefficient (Wildman–Crippen LogP) is 1.80. The van der Waals surface area contributed by atoms with E-state index >= 15 is 0 Å². The van der Waals surface area contributed by atoms with Crippen molar-refractivity contribution in [2.24, 2.45) is 14.1 Å². The number of fused-ring (bicyclic) bond motifs is 2. The molecule has 0 fully saturated rings. The first-order valence-corrected chi connectivity index (χ1v) is 8.92. The highest BCUT2D eigenvalue weighted by Crippen LogP contribution is 2.21. The molecule has 0 aliphatic heterocycles. The molecule has 0 saturated carbocycles. The molecule has 0 aliphatic carbocycles. The fourth-order valence-corrected chi connectivity index (χ4v) is 3.18. The average Bonchev–Trinajstić information content (AvgIpc) is 2.74. The number of nitrogens with zero attached hydrogens (tertiary/aromatic N) is 3. The zero-order valence-electron chi connectivity index (χ0n) is 15.9. The molecular weight excluding hydrogens is 372 g/mol. The molecule has 0 bridgehead atoms. The van der Waals surface area contributed by atoms with E-state index in [-0.39, 0.29) is 23.3 Å². The number of hydrogen-bond donors (Lipinski definition) is 1. The zero-order valence-corrected chi connectivity index (χ0v) is 15.9. The molecule has 146 valence electrons. The number of ether oxygens (including phenoxy) is 1. The number of benzene rings is 2. The van der Waals surface area contributed by atoms with Crippen molar-refractivity contribution in [3.8, 4) is 5.75 Å². The zero-order chi connectivity index (χ0) is 20.5. The van der Waals surface area contributed by atoms with E-state index in [0.717, 1.165) is 15.3 Å². The first-order valence-electron chi connectivity index (χ1n) is 8.92. The molecule has 0 saturated heterocycles. The molecule has 0 aliphatic rings. The Hall–Kier alpha value is -3.94. The van der Waals surface area contributed by atoms with E-state index in [9.17, 15) is 14.4 Å². The molecule has 0 atom stereocenters. The van der Waals surface area contributed by atoms with Gasteiger partial charge in [-0.15, -0.1) is 0 Å². The summed E-state index contributed by atoms with van der Waals surface area (Å²) >= 11 is 0. The summed E-state index contributed by atoms with van der Waals surface area (Å²) < 4.78 is 7.83. The highest BCUT2D eigenvalue weighted by Gasteiger charge is 2.15. The van der Waals surface area contributed by atoms with Crippen molar-refractivity contribution in [3.05, 3.63) is 75.6 Å². The van der Waals surface area contributed by atoms with Gasteiger partial charge in [-0.1, -0.05) is 30.3 Å². The molecule has 2 heterocycles. The van der Waals surface area contributed by atoms with Crippen molar-refractivity contribution in [3.63, 3.8) is 0 Å². The summed E-state index contributed by atoms with van der Waals surface area (Å²) in [5, 5.41) is 4.92. The summed E-state index contributed by atoms with van der Waals surface area (Å²) in [6.07, 6.45) is 1.43. The summed E-state index contributed by atoms with van der Waals surface area (Å²) in [4.78, 5) is 41.1. The fourth-order valence-electron chi connectivity index (χ4n) is 3.18. The van der Waals surface area contributed by atoms with Gasteiger partial charge in [-0.2, -0.15) is 0 Å². The summed E-state index contributed by atoms with van der Waals surface area (Å²) in [6.45, 7) is -0.228. The Morgan fingerprint density at radius 2 is 1.79 bits per heavy atom. The van der Waals surface area contributed by atoms with Gasteiger partial charge in [0.1, 0.15) is 11.1 Å². The van der Waals surface area contributed by atoms with Crippen molar-refractivity contribution >= 4 is 33.4 Å². The van der Waals surface area contributed by atoms with Crippen LogP contribution in [0.5, 0.6) is 5.75 Å². The lowest BCUT2D eigenvalue weighted by atomic mass is 10.1. The standard InChI is InChI=1S/C21H18N4O4/c1-24-19-18(20(27)25(2)21(24)28)16(9-10-22-19)23-17(26)12-29-15-8-7-13-5-3-4-6-14(13)11-15/h3-11H,12H2,1-2H3,(H,22,23,26). The van der Waals surface area contributed by atoms with Gasteiger partial charge in [-0.3, -0.25) is 18.7 Å². The highest BCUT2D eigenvalue weighted by molar-refractivity contribution is 6.00. The summed E-state index contributed by atoms with van der Waals surface area (Å²) in [5.74, 6) is 0.137. The Labute approximate surface area is 165 Å². The number of amides is 1. The first-order chi connectivity index (χ1) is 14.0. The van der Waals surface area contributed by atoms with Crippen LogP contribution in [0.15, 0.2) is 64.3 Å². The van der Waals surface area contributed by atoms with E-state index in [1.54, 1.807) is 6.07 Å².